The predicted molar refractivity (Wildman–Crippen MR) is 297 cm³/mol. The van der Waals surface area contributed by atoms with Crippen LogP contribution in [0, 0.1) is 22.1 Å². The molecular formula is C51H77N19O9. The van der Waals surface area contributed by atoms with E-state index in [4.69, 9.17) is 39.2 Å². The number of aromatic amines is 2. The van der Waals surface area contributed by atoms with Crippen molar-refractivity contribution in [3.8, 4) is 0 Å². The number of hydrogen-bond acceptors (Lipinski definition) is 12. The number of carbonyl (C=O) groups is 8. The summed E-state index contributed by atoms with van der Waals surface area (Å²) in [7, 11) is 0. The second-order valence-electron chi connectivity index (χ2n) is 19.5. The van der Waals surface area contributed by atoms with Crippen molar-refractivity contribution in [3.05, 3.63) is 72.1 Å². The molecule has 79 heavy (non-hydrogen) atoms. The third-order valence-corrected chi connectivity index (χ3v) is 12.7. The number of carboxylic acid groups (broad SMARTS) is 1. The van der Waals surface area contributed by atoms with Crippen molar-refractivity contribution < 1.29 is 43.5 Å². The Bertz CT molecular complexity index is 2790. The minimum atomic E-state index is -1.42. The molecule has 2 heterocycles. The number of nitrogens with one attached hydrogen (secondary N) is 15. The zero-order valence-corrected chi connectivity index (χ0v) is 44.8. The fourth-order valence-electron chi connectivity index (χ4n) is 8.42. The highest BCUT2D eigenvalue weighted by Crippen LogP contribution is 2.21. The van der Waals surface area contributed by atoms with E-state index in [0.717, 1.165) is 27.4 Å². The number of amides is 7. The lowest BCUT2D eigenvalue weighted by Gasteiger charge is -2.28. The van der Waals surface area contributed by atoms with Gasteiger partial charge in [0.15, 0.2) is 17.9 Å². The molecule has 0 saturated heterocycles. The van der Waals surface area contributed by atoms with Gasteiger partial charge in [-0.3, -0.25) is 49.8 Å². The number of rotatable bonds is 32. The molecule has 28 nitrogen and oxygen atoms in total. The zero-order valence-electron chi connectivity index (χ0n) is 44.8. The van der Waals surface area contributed by atoms with E-state index in [0.29, 0.717) is 5.56 Å². The van der Waals surface area contributed by atoms with Crippen LogP contribution >= 0.6 is 0 Å². The number of carboxylic acids is 1. The first-order valence-electron chi connectivity index (χ1n) is 25.9. The maximum absolute atomic E-state index is 14.7. The first kappa shape index (κ1) is 62.6. The molecule has 0 aliphatic heterocycles. The number of aromatic nitrogens is 2. The van der Waals surface area contributed by atoms with Gasteiger partial charge in [0.2, 0.25) is 41.4 Å². The van der Waals surface area contributed by atoms with Crippen molar-refractivity contribution in [3.63, 3.8) is 0 Å². The number of nitrogens with two attached hydrogens (primary N) is 4. The molecule has 0 aliphatic rings. The number of para-hydroxylation sites is 2. The highest BCUT2D eigenvalue weighted by Gasteiger charge is 2.35. The van der Waals surface area contributed by atoms with Crippen molar-refractivity contribution in [1.82, 2.24) is 63.1 Å². The third kappa shape index (κ3) is 20.2. The molecular weight excluding hydrogens is 1020 g/mol. The topological polar surface area (TPSA) is 484 Å². The number of fused-ring (bicyclic) bond motifs is 2. The molecule has 0 saturated carbocycles. The second kappa shape index (κ2) is 30.7. The molecule has 4 rings (SSSR count). The van der Waals surface area contributed by atoms with Gasteiger partial charge < -0.3 is 91.2 Å². The van der Waals surface area contributed by atoms with Crippen LogP contribution in [0.2, 0.25) is 0 Å². The molecule has 0 aliphatic carbocycles. The molecule has 430 valence electrons. The van der Waals surface area contributed by atoms with Crippen molar-refractivity contribution >= 4 is 87.0 Å². The molecule has 0 fully saturated rings. The Hall–Kier alpha value is -8.95. The lowest BCUT2D eigenvalue weighted by atomic mass is 9.99. The Morgan fingerprint density at radius 2 is 0.861 bits per heavy atom. The molecule has 7 amide bonds. The molecule has 28 heteroatoms. The maximum atomic E-state index is 14.7. The van der Waals surface area contributed by atoms with E-state index in [9.17, 15) is 43.5 Å². The summed E-state index contributed by atoms with van der Waals surface area (Å²) < 4.78 is 0. The van der Waals surface area contributed by atoms with Crippen LogP contribution in [-0.2, 0) is 51.2 Å². The monoisotopic (exact) mass is 1100 g/mol. The van der Waals surface area contributed by atoms with Gasteiger partial charge in [0, 0.05) is 66.7 Å². The second-order valence-corrected chi connectivity index (χ2v) is 19.5. The van der Waals surface area contributed by atoms with Gasteiger partial charge >= 0.3 is 5.97 Å². The summed E-state index contributed by atoms with van der Waals surface area (Å²) in [6.45, 7) is 6.52. The molecule has 2 aromatic heterocycles. The van der Waals surface area contributed by atoms with Crippen LogP contribution < -0.4 is 76.1 Å². The van der Waals surface area contributed by atoms with Crippen LogP contribution in [0.4, 0.5) is 0 Å². The first-order valence-corrected chi connectivity index (χ1v) is 25.9. The highest BCUT2D eigenvalue weighted by molar-refractivity contribution is 5.98. The zero-order chi connectivity index (χ0) is 58.3. The lowest BCUT2D eigenvalue weighted by Crippen LogP contribution is -2.61. The van der Waals surface area contributed by atoms with Crippen molar-refractivity contribution in [2.24, 2.45) is 28.9 Å². The summed E-state index contributed by atoms with van der Waals surface area (Å²) in [5, 5.41) is 60.4. The average Bonchev–Trinajstić information content (AvgIpc) is 4.01. The van der Waals surface area contributed by atoms with Crippen LogP contribution in [0.15, 0.2) is 60.9 Å². The van der Waals surface area contributed by atoms with Crippen LogP contribution in [0.3, 0.4) is 0 Å². The fraction of sp³-hybridized carbons (Fsp3) is 0.471. The van der Waals surface area contributed by atoms with Gasteiger partial charge in [-0.15, -0.1) is 0 Å². The first-order chi connectivity index (χ1) is 37.4. The summed E-state index contributed by atoms with van der Waals surface area (Å²) in [6, 6.07) is 4.36. The van der Waals surface area contributed by atoms with Crippen LogP contribution in [0.1, 0.15) is 77.3 Å². The third-order valence-electron chi connectivity index (χ3n) is 12.7. The number of carbonyl (C=O) groups excluding carboxylic acids is 7. The molecule has 24 N–H and O–H groups in total. The maximum Gasteiger partial charge on any atom is 0.326 e. The van der Waals surface area contributed by atoms with Crippen LogP contribution in [0.25, 0.3) is 21.8 Å². The molecule has 4 aromatic rings. The molecule has 0 unspecified atom stereocenters. The van der Waals surface area contributed by atoms with E-state index in [1.807, 2.05) is 42.5 Å². The quantitative estimate of drug-likeness (QED) is 0.0139. The number of aliphatic carboxylic acids is 1. The minimum absolute atomic E-state index is 0.0451. The van der Waals surface area contributed by atoms with Gasteiger partial charge in [0.1, 0.15) is 42.3 Å². The van der Waals surface area contributed by atoms with Gasteiger partial charge in [-0.1, -0.05) is 50.2 Å². The van der Waals surface area contributed by atoms with Crippen LogP contribution in [0.5, 0.6) is 0 Å². The Kier molecular flexibility index (Phi) is 24.3. The Labute approximate surface area is 456 Å². The van der Waals surface area contributed by atoms with Gasteiger partial charge in [0.05, 0.1) is 6.04 Å². The normalized spacial score (nSPS) is 14.2. The highest BCUT2D eigenvalue weighted by atomic mass is 16.4. The molecule has 0 radical (unpaired) electrons. The van der Waals surface area contributed by atoms with E-state index in [1.54, 1.807) is 32.3 Å². The SMILES string of the molecule is CC(C)[C@H](NC(=O)[C@H](C)NC(=O)[C@H](Cc1c[nH]c2ccccc12)NC(=O)[C@H](C)N)C(=O)N[C@@H](Cc1c[nH]c2ccccc12)C(=O)N[C@@H](CCCNC(=N)N)C(=O)N[C@@H](CCCNC(=N)N)C(=O)N[C@@H](CCCNC(=N)N)C(=O)O. The van der Waals surface area contributed by atoms with Gasteiger partial charge in [-0.05, 0) is 81.5 Å². The van der Waals surface area contributed by atoms with E-state index in [2.05, 4.69) is 63.1 Å². The summed E-state index contributed by atoms with van der Waals surface area (Å²) in [4.78, 5) is 117. The fourth-order valence-corrected chi connectivity index (χ4v) is 8.42. The van der Waals surface area contributed by atoms with Crippen molar-refractivity contribution in [2.45, 2.75) is 127 Å². The minimum Gasteiger partial charge on any atom is -0.480 e. The Morgan fingerprint density at radius 1 is 0.494 bits per heavy atom. The summed E-state index contributed by atoms with van der Waals surface area (Å²) in [5.41, 5.74) is 25.0. The Morgan fingerprint density at radius 3 is 1.27 bits per heavy atom. The largest absolute Gasteiger partial charge is 0.480 e. The van der Waals surface area contributed by atoms with E-state index < -0.39 is 102 Å². The summed E-state index contributed by atoms with van der Waals surface area (Å²) in [6.07, 6.45) is 3.55. The number of hydrogen-bond donors (Lipinski definition) is 20. The Balaban J connectivity index is 1.60. The number of guanidine groups is 3. The van der Waals surface area contributed by atoms with Crippen molar-refractivity contribution in [1.29, 1.82) is 16.2 Å². The van der Waals surface area contributed by atoms with Gasteiger partial charge in [0.25, 0.3) is 0 Å². The van der Waals surface area contributed by atoms with Gasteiger partial charge in [-0.2, -0.15) is 0 Å². The van der Waals surface area contributed by atoms with E-state index >= 15 is 0 Å². The lowest BCUT2D eigenvalue weighted by molar-refractivity contribution is -0.142. The van der Waals surface area contributed by atoms with E-state index in [1.165, 1.54) is 13.8 Å². The standard InChI is InChI=1S/C51H77N19O9/c1-26(2)40(70-42(72)28(4)64-45(75)38(68-41(71)27(3)52)22-29-24-62-33-14-7-5-12-31(29)33)47(77)69-39(23-30-25-63-34-15-8-6-13-32(30)34)46(76)66-35(16-9-19-59-49(53)54)43(73)65-36(17-10-20-60-50(55)56)44(74)67-37(48(78)79)18-11-21-61-51(57)58/h5-8,12-15,24-28,35-40,62-63H,9-11,16-23,52H2,1-4H3,(H,64,75)(H,65,73)(H,66,76)(H,67,74)(H,68,71)(H,69,77)(H,70,72)(H,78,79)(H4,53,54,59)(H4,55,56,60)(H4,57,58,61)/t27-,28-,35-,36-,37-,38-,39-,40-/m0/s1. The summed E-state index contributed by atoms with van der Waals surface area (Å²) in [5.74, 6) is -8.43. The smallest absolute Gasteiger partial charge is 0.326 e. The number of H-pyrrole nitrogens is 2. The van der Waals surface area contributed by atoms with Crippen molar-refractivity contribution in [2.75, 3.05) is 19.6 Å². The van der Waals surface area contributed by atoms with E-state index in [-0.39, 0.29) is 88.9 Å². The number of benzene rings is 2. The predicted octanol–water partition coefficient (Wildman–Crippen LogP) is -2.27. The molecule has 0 spiro atoms. The molecule has 0 bridgehead atoms. The van der Waals surface area contributed by atoms with Crippen LogP contribution in [-0.4, -0.2) is 148 Å². The molecule has 2 aromatic carbocycles. The average molecular weight is 1100 g/mol. The molecule has 8 atom stereocenters. The summed E-state index contributed by atoms with van der Waals surface area (Å²) >= 11 is 0. The van der Waals surface area contributed by atoms with Gasteiger partial charge in [-0.25, -0.2) is 4.79 Å².